The van der Waals surface area contributed by atoms with Crippen LogP contribution in [0.4, 0.5) is 0 Å². The van der Waals surface area contributed by atoms with E-state index in [0.29, 0.717) is 0 Å². The van der Waals surface area contributed by atoms with Gasteiger partial charge in [0.2, 0.25) is 0 Å². The molecular weight excluding hydrogens is 686 g/mol. The van der Waals surface area contributed by atoms with Gasteiger partial charge < -0.3 is 0 Å². The Morgan fingerprint density at radius 1 is 0.340 bits per heavy atom. The predicted molar refractivity (Wildman–Crippen MR) is 230 cm³/mol. The Kier molecular flexibility index (Phi) is 25.4. The summed E-state index contributed by atoms with van der Waals surface area (Å²) in [4.78, 5) is 0. The number of unbranched alkanes of at least 4 members (excludes halogenated alkanes) is 20. The van der Waals surface area contributed by atoms with Crippen LogP contribution in [0.2, 0.25) is 16.9 Å². The Balaban J connectivity index is 7.01. The standard InChI is InChI=1S/2C16H34OP.4C3H7.O.Ti/c2*1-3-5-7-9-11-13-15-18(17)16-14-12-10-8-6-4-2;4*1-3-2;;/h2*3-16H2,1-2H3;4*3H,1-2H3;;/q2*-1;;;;;;+2. The topological polar surface area (TPSA) is 35.5 Å². The van der Waals surface area contributed by atoms with E-state index in [9.17, 15) is 0 Å². The van der Waals surface area contributed by atoms with Crippen LogP contribution in [0.1, 0.15) is 237 Å². The van der Waals surface area contributed by atoms with Crippen LogP contribution >= 0.6 is 16.3 Å². The van der Waals surface area contributed by atoms with Gasteiger partial charge in [0.15, 0.2) is 0 Å². The van der Waals surface area contributed by atoms with Gasteiger partial charge >= 0.3 is 318 Å². The van der Waals surface area contributed by atoms with Crippen molar-refractivity contribution in [3.8, 4) is 0 Å². The Morgan fingerprint density at radius 2 is 0.520 bits per heavy atom. The van der Waals surface area contributed by atoms with Crippen LogP contribution in [0.25, 0.3) is 0 Å². The first-order valence-electron chi connectivity index (χ1n) is 22.8. The van der Waals surface area contributed by atoms with E-state index in [2.05, 4.69) is 83.1 Å². The van der Waals surface area contributed by atoms with Gasteiger partial charge in [0.25, 0.3) is 0 Å². The van der Waals surface area contributed by atoms with Crippen LogP contribution in [0.15, 0.2) is 0 Å². The van der Waals surface area contributed by atoms with Gasteiger partial charge in [-0.3, -0.25) is 0 Å². The van der Waals surface area contributed by atoms with E-state index in [1.54, 1.807) is 0 Å². The van der Waals surface area contributed by atoms with E-state index in [4.69, 9.17) is 6.21 Å². The van der Waals surface area contributed by atoms with Gasteiger partial charge in [0, 0.05) is 0 Å². The van der Waals surface area contributed by atoms with Crippen LogP contribution in [-0.4, -0.2) is 24.6 Å². The minimum absolute atomic E-state index is 0.175. The molecule has 0 amide bonds. The van der Waals surface area contributed by atoms with Crippen molar-refractivity contribution < 1.29 is 23.0 Å². The normalized spacial score (nSPS) is 15.1. The molecule has 0 heterocycles. The molecule has 0 N–H and O–H groups in total. The minimum atomic E-state index is -6.72. The molecule has 304 valence electrons. The first kappa shape index (κ1) is 51.3. The molecule has 0 aromatic heterocycles. The Morgan fingerprint density at radius 3 is 0.700 bits per heavy atom. The van der Waals surface area contributed by atoms with Gasteiger partial charge in [-0.25, -0.2) is 0 Å². The number of hydrogen-bond acceptors (Lipinski definition) is 3. The summed E-state index contributed by atoms with van der Waals surface area (Å²) in [6, 6.07) is 0. The van der Waals surface area contributed by atoms with E-state index >= 15 is 3.32 Å². The Bertz CT molecular complexity index is 813. The molecule has 0 fully saturated rings. The van der Waals surface area contributed by atoms with Gasteiger partial charge in [-0.2, -0.15) is 0 Å². The third-order valence-electron chi connectivity index (χ3n) is 14.7. The molecule has 0 saturated carbocycles. The predicted octanol–water partition coefficient (Wildman–Crippen LogP) is 18.5. The zero-order chi connectivity index (χ0) is 38.1. The van der Waals surface area contributed by atoms with E-state index in [-0.39, 0.29) is 16.9 Å². The Hall–Kier alpha value is 1.29. The first-order valence-corrected chi connectivity index (χ1v) is 31.6. The molecule has 0 aromatic carbocycles. The molecule has 50 heavy (non-hydrogen) atoms. The quantitative estimate of drug-likeness (QED) is 0.0361. The zero-order valence-electron chi connectivity index (χ0n) is 36.7. The van der Waals surface area contributed by atoms with Crippen LogP contribution in [0.5, 0.6) is 0 Å². The molecule has 0 atom stereocenters. The van der Waals surface area contributed by atoms with E-state index in [1.807, 2.05) is 0 Å². The molecule has 3 nitrogen and oxygen atoms in total. The van der Waals surface area contributed by atoms with Crippen molar-refractivity contribution in [1.29, 1.82) is 0 Å². The average Bonchev–Trinajstić information content (AvgIpc) is 3.07. The third-order valence-corrected chi connectivity index (χ3v) is 48.7. The number of hydrogen-bond donors (Lipinski definition) is 0. The molecule has 0 aliphatic carbocycles. The summed E-state index contributed by atoms with van der Waals surface area (Å²) >= 11 is -6.72. The van der Waals surface area contributed by atoms with Crippen LogP contribution in [0, 0.1) is 0 Å². The molecular formula is C44H96O3P2Ti. The van der Waals surface area contributed by atoms with E-state index in [0.717, 1.165) is 24.6 Å². The zero-order valence-corrected chi connectivity index (χ0v) is 40.1. The summed E-state index contributed by atoms with van der Waals surface area (Å²) in [5.74, 6) is 0. The number of rotatable bonds is 36. The summed E-state index contributed by atoms with van der Waals surface area (Å²) in [7, 11) is -1.79. The fourth-order valence-corrected chi connectivity index (χ4v) is 47.0. The van der Waals surface area contributed by atoms with Gasteiger partial charge in [0.05, 0.1) is 0 Å². The summed E-state index contributed by atoms with van der Waals surface area (Å²) < 4.78 is 33.9. The molecule has 0 rings (SSSR count). The molecule has 0 saturated heterocycles. The summed E-state index contributed by atoms with van der Waals surface area (Å²) in [5, 5.41) is 0. The molecule has 0 radical (unpaired) electrons. The third kappa shape index (κ3) is 12.1. The molecule has 0 aliphatic heterocycles. The Labute approximate surface area is 316 Å². The summed E-state index contributed by atoms with van der Waals surface area (Å²) in [5.41, 5.74) is 0. The van der Waals surface area contributed by atoms with Crippen LogP contribution in [0.3, 0.4) is 0 Å². The first-order chi connectivity index (χ1) is 23.7. The monoisotopic (exact) mass is 783 g/mol. The molecule has 0 unspecified atom stereocenters. The molecule has 6 heteroatoms. The maximum absolute atomic E-state index is 18.3. The van der Waals surface area contributed by atoms with E-state index < -0.39 is 29.8 Å². The second-order valence-electron chi connectivity index (χ2n) is 18.4. The van der Waals surface area contributed by atoms with Crippen LogP contribution in [-0.2, 0) is 23.0 Å². The van der Waals surface area contributed by atoms with Crippen molar-refractivity contribution in [2.75, 3.05) is 24.6 Å². The molecule has 0 aliphatic rings. The summed E-state index contributed by atoms with van der Waals surface area (Å²) in [6.07, 6.45) is 35.1. The SMILES string of the molecule is CCCCCCCCP(CCCCCCCC)[O][Ti](=[O])([O]P(CCCCCCCC)CCCCCCCC)([CH](C)C)([CH](C)C)([CH](C)C)[CH](C)C. The maximum atomic E-state index is 18.3. The van der Waals surface area contributed by atoms with Gasteiger partial charge in [-0.1, -0.05) is 0 Å². The van der Waals surface area contributed by atoms with Crippen molar-refractivity contribution in [2.24, 2.45) is 0 Å². The van der Waals surface area contributed by atoms with E-state index in [1.165, 1.54) is 154 Å². The summed E-state index contributed by atoms with van der Waals surface area (Å²) in [6.45, 7) is 27.3. The fourth-order valence-electron chi connectivity index (χ4n) is 10.3. The molecule has 0 bridgehead atoms. The molecule has 0 aromatic rings. The van der Waals surface area contributed by atoms with Crippen molar-refractivity contribution in [3.63, 3.8) is 0 Å². The van der Waals surface area contributed by atoms with Gasteiger partial charge in [0.1, 0.15) is 0 Å². The second-order valence-corrected chi connectivity index (χ2v) is 39.7. The van der Waals surface area contributed by atoms with Gasteiger partial charge in [-0.05, 0) is 0 Å². The second kappa shape index (κ2) is 24.7. The molecule has 0 spiro atoms. The van der Waals surface area contributed by atoms with Crippen molar-refractivity contribution in [1.82, 2.24) is 0 Å². The van der Waals surface area contributed by atoms with Crippen molar-refractivity contribution >= 4 is 16.3 Å². The van der Waals surface area contributed by atoms with Crippen molar-refractivity contribution in [2.45, 2.75) is 254 Å². The fraction of sp³-hybridized carbons (Fsp3) is 1.00. The van der Waals surface area contributed by atoms with Crippen LogP contribution < -0.4 is 0 Å². The van der Waals surface area contributed by atoms with Gasteiger partial charge in [-0.15, -0.1) is 0 Å². The average molecular weight is 783 g/mol. The van der Waals surface area contributed by atoms with Crippen molar-refractivity contribution in [3.05, 3.63) is 0 Å².